The minimum atomic E-state index is 0.168. The van der Waals surface area contributed by atoms with Gasteiger partial charge in [-0.2, -0.15) is 5.10 Å². The summed E-state index contributed by atoms with van der Waals surface area (Å²) >= 11 is 0. The Labute approximate surface area is 169 Å². The van der Waals surface area contributed by atoms with Crippen molar-refractivity contribution in [3.63, 3.8) is 0 Å². The summed E-state index contributed by atoms with van der Waals surface area (Å²) in [7, 11) is 3.80. The number of guanidine groups is 1. The number of nitrogens with zero attached hydrogens (tertiary/aromatic N) is 4. The van der Waals surface area contributed by atoms with Gasteiger partial charge in [0.1, 0.15) is 5.76 Å². The molecule has 0 aromatic carbocycles. The third-order valence-corrected chi connectivity index (χ3v) is 5.36. The number of aryl methyl sites for hydroxylation is 2. The van der Waals surface area contributed by atoms with Gasteiger partial charge >= 0.3 is 0 Å². The van der Waals surface area contributed by atoms with Crippen LogP contribution in [0, 0.1) is 13.8 Å². The lowest BCUT2D eigenvalue weighted by Crippen LogP contribution is -2.46. The number of aliphatic imine (C=N–C) groups is 1. The van der Waals surface area contributed by atoms with Crippen LogP contribution in [0.15, 0.2) is 27.8 Å². The van der Waals surface area contributed by atoms with E-state index in [2.05, 4.69) is 60.2 Å². The molecule has 0 spiro atoms. The van der Waals surface area contributed by atoms with Crippen LogP contribution in [0.5, 0.6) is 0 Å². The fourth-order valence-electron chi connectivity index (χ4n) is 3.65. The van der Waals surface area contributed by atoms with Crippen molar-refractivity contribution in [2.75, 3.05) is 26.7 Å². The number of hydrogen-bond acceptors (Lipinski definition) is 4. The fourth-order valence-corrected chi connectivity index (χ4v) is 3.65. The summed E-state index contributed by atoms with van der Waals surface area (Å²) in [5.41, 5.74) is 3.61. The van der Waals surface area contributed by atoms with E-state index in [4.69, 9.17) is 4.42 Å². The van der Waals surface area contributed by atoms with E-state index in [0.717, 1.165) is 43.5 Å². The highest BCUT2D eigenvalue weighted by molar-refractivity contribution is 5.80. The third kappa shape index (κ3) is 5.38. The van der Waals surface area contributed by atoms with Gasteiger partial charge in [0.2, 0.25) is 0 Å². The van der Waals surface area contributed by atoms with Crippen molar-refractivity contribution in [2.45, 2.75) is 53.1 Å². The van der Waals surface area contributed by atoms with Gasteiger partial charge in [-0.25, -0.2) is 0 Å². The Morgan fingerprint density at radius 2 is 2.04 bits per heavy atom. The third-order valence-electron chi connectivity index (χ3n) is 5.36. The highest BCUT2D eigenvalue weighted by Gasteiger charge is 2.21. The molecule has 7 heteroatoms. The molecule has 7 nitrogen and oxygen atoms in total. The number of furan rings is 1. The number of aromatic nitrogens is 2. The van der Waals surface area contributed by atoms with E-state index < -0.39 is 0 Å². The van der Waals surface area contributed by atoms with Crippen LogP contribution < -0.4 is 10.6 Å². The maximum atomic E-state index is 5.68. The molecule has 2 aromatic heterocycles. The number of hydrogen-bond donors (Lipinski definition) is 2. The van der Waals surface area contributed by atoms with E-state index >= 15 is 0 Å². The van der Waals surface area contributed by atoms with Crippen molar-refractivity contribution in [2.24, 2.45) is 12.0 Å². The van der Waals surface area contributed by atoms with Crippen molar-refractivity contribution >= 4 is 5.96 Å². The lowest BCUT2D eigenvalue weighted by molar-refractivity contribution is 0.193. The molecule has 2 unspecified atom stereocenters. The quantitative estimate of drug-likeness (QED) is 0.511. The van der Waals surface area contributed by atoms with Gasteiger partial charge in [-0.15, -0.1) is 0 Å². The summed E-state index contributed by atoms with van der Waals surface area (Å²) in [5.74, 6) is 1.77. The van der Waals surface area contributed by atoms with Crippen LogP contribution in [0.2, 0.25) is 0 Å². The number of rotatable bonds is 9. The average molecular weight is 389 g/mol. The van der Waals surface area contributed by atoms with Crippen LogP contribution >= 0.6 is 0 Å². The molecular formula is C21H36N6O. The largest absolute Gasteiger partial charge is 0.468 e. The Balaban J connectivity index is 1.99. The summed E-state index contributed by atoms with van der Waals surface area (Å²) in [6, 6.07) is 4.39. The molecule has 0 saturated carbocycles. The molecule has 2 aromatic rings. The first kappa shape index (κ1) is 22.0. The van der Waals surface area contributed by atoms with Gasteiger partial charge in [0.15, 0.2) is 5.96 Å². The highest BCUT2D eigenvalue weighted by atomic mass is 16.3. The van der Waals surface area contributed by atoms with Gasteiger partial charge in [0.25, 0.3) is 0 Å². The maximum absolute atomic E-state index is 5.68. The molecule has 0 fully saturated rings. The van der Waals surface area contributed by atoms with Crippen LogP contribution in [0.4, 0.5) is 0 Å². The average Bonchev–Trinajstić information content (AvgIpc) is 3.28. The van der Waals surface area contributed by atoms with Gasteiger partial charge in [0, 0.05) is 32.4 Å². The molecule has 2 rings (SSSR count). The molecule has 0 saturated heterocycles. The van der Waals surface area contributed by atoms with Gasteiger partial charge in [-0.05, 0) is 58.0 Å². The van der Waals surface area contributed by atoms with E-state index in [1.807, 2.05) is 30.9 Å². The Morgan fingerprint density at radius 1 is 1.32 bits per heavy atom. The van der Waals surface area contributed by atoms with E-state index in [1.165, 1.54) is 11.3 Å². The lowest BCUT2D eigenvalue weighted by atomic mass is 10.1. The Hall–Kier alpha value is -2.28. The van der Waals surface area contributed by atoms with Crippen molar-refractivity contribution in [3.8, 4) is 0 Å². The zero-order valence-corrected chi connectivity index (χ0v) is 18.4. The molecule has 0 amide bonds. The summed E-state index contributed by atoms with van der Waals surface area (Å²) < 4.78 is 7.63. The molecule has 0 aliphatic heterocycles. The van der Waals surface area contributed by atoms with Crippen molar-refractivity contribution in [1.29, 1.82) is 0 Å². The van der Waals surface area contributed by atoms with Crippen LogP contribution in [0.3, 0.4) is 0 Å². The molecule has 2 atom stereocenters. The zero-order valence-electron chi connectivity index (χ0n) is 18.4. The van der Waals surface area contributed by atoms with Crippen LogP contribution in [0.1, 0.15) is 49.5 Å². The first-order valence-corrected chi connectivity index (χ1v) is 10.1. The fraction of sp³-hybridized carbons (Fsp3) is 0.619. The summed E-state index contributed by atoms with van der Waals surface area (Å²) in [6.45, 7) is 13.4. The predicted molar refractivity (Wildman–Crippen MR) is 115 cm³/mol. The molecule has 2 N–H and O–H groups in total. The Bertz CT molecular complexity index is 745. The van der Waals surface area contributed by atoms with Crippen molar-refractivity contribution < 1.29 is 4.42 Å². The molecule has 28 heavy (non-hydrogen) atoms. The van der Waals surface area contributed by atoms with Gasteiger partial charge in [-0.1, -0.05) is 13.8 Å². The second-order valence-corrected chi connectivity index (χ2v) is 7.23. The molecule has 156 valence electrons. The van der Waals surface area contributed by atoms with Crippen molar-refractivity contribution in [3.05, 3.63) is 41.1 Å². The Kier molecular flexibility index (Phi) is 8.11. The molecule has 0 aliphatic rings. The molecule has 0 radical (unpaired) electrons. The first-order valence-electron chi connectivity index (χ1n) is 10.1. The van der Waals surface area contributed by atoms with E-state index in [0.29, 0.717) is 0 Å². The monoisotopic (exact) mass is 388 g/mol. The van der Waals surface area contributed by atoms with Crippen LogP contribution in [0.25, 0.3) is 0 Å². The van der Waals surface area contributed by atoms with E-state index in [1.54, 1.807) is 6.26 Å². The minimum absolute atomic E-state index is 0.168. The maximum Gasteiger partial charge on any atom is 0.191 e. The van der Waals surface area contributed by atoms with Crippen molar-refractivity contribution in [1.82, 2.24) is 25.3 Å². The summed E-state index contributed by atoms with van der Waals surface area (Å²) in [6.07, 6.45) is 2.64. The normalized spacial score (nSPS) is 14.4. The smallest absolute Gasteiger partial charge is 0.191 e. The van der Waals surface area contributed by atoms with Crippen LogP contribution in [-0.2, 0) is 13.5 Å². The molecule has 0 aliphatic carbocycles. The zero-order chi connectivity index (χ0) is 20.7. The SMILES string of the molecule is CCN(CC)C(CNC(=NC)NC(C)Cc1c(C)nn(C)c1C)c1ccco1. The molecular weight excluding hydrogens is 352 g/mol. The molecule has 2 heterocycles. The standard InChI is InChI=1S/C21H36N6O/c1-8-27(9-2)19(20-11-10-12-28-20)14-23-21(22-6)24-15(3)13-18-16(4)25-26(7)17(18)5/h10-12,15,19H,8-9,13-14H2,1-7H3,(H2,22,23,24). The topological polar surface area (TPSA) is 70.6 Å². The highest BCUT2D eigenvalue weighted by Crippen LogP contribution is 2.20. The minimum Gasteiger partial charge on any atom is -0.468 e. The first-order chi connectivity index (χ1) is 13.4. The second-order valence-electron chi connectivity index (χ2n) is 7.23. The van der Waals surface area contributed by atoms with Gasteiger partial charge in [0.05, 0.1) is 18.0 Å². The molecule has 0 bridgehead atoms. The predicted octanol–water partition coefficient (Wildman–Crippen LogP) is 2.81. The Morgan fingerprint density at radius 3 is 2.54 bits per heavy atom. The second kappa shape index (κ2) is 10.3. The number of nitrogens with one attached hydrogen (secondary N) is 2. The summed E-state index contributed by atoms with van der Waals surface area (Å²) in [4.78, 5) is 6.79. The van der Waals surface area contributed by atoms with Gasteiger partial charge in [-0.3, -0.25) is 14.6 Å². The van der Waals surface area contributed by atoms with E-state index in [9.17, 15) is 0 Å². The van der Waals surface area contributed by atoms with E-state index in [-0.39, 0.29) is 12.1 Å². The lowest BCUT2D eigenvalue weighted by Gasteiger charge is -2.29. The van der Waals surface area contributed by atoms with Crippen LogP contribution in [-0.4, -0.2) is 53.4 Å². The number of likely N-dealkylation sites (N-methyl/N-ethyl adjacent to an activating group) is 1. The summed E-state index contributed by atoms with van der Waals surface area (Å²) in [5, 5.41) is 11.5. The van der Waals surface area contributed by atoms with Gasteiger partial charge < -0.3 is 15.1 Å².